The number of nitrogens with zero attached hydrogens (tertiary/aromatic N) is 2. The van der Waals surface area contributed by atoms with E-state index in [2.05, 4.69) is 167 Å². The molecule has 0 atom stereocenters. The Bertz CT molecular complexity index is 2690. The molecule has 0 aliphatic carbocycles. The molecule has 0 bridgehead atoms. The summed E-state index contributed by atoms with van der Waals surface area (Å²) in [6.45, 7) is 0. The second-order valence-electron chi connectivity index (χ2n) is 11.8. The normalized spacial score (nSPS) is 12.0. The molecule has 0 fully saturated rings. The van der Waals surface area contributed by atoms with Crippen molar-refractivity contribution in [1.29, 1.82) is 0 Å². The van der Waals surface area contributed by atoms with Crippen molar-refractivity contribution in [2.24, 2.45) is 0 Å². The standard InChI is InChI=1S/C42H26N2S/c1-10-20-41-28(11-1)26-42(45-41)44-38-19-9-6-16-34(38)35-25-27(21-23-40(35)44)29-22-24-39(31-13-3-2-12-30(29)31)43-36-17-7-4-14-32(36)33-15-5-8-18-37(33)43/h1-26H. The van der Waals surface area contributed by atoms with Gasteiger partial charge in [0.15, 0.2) is 0 Å². The van der Waals surface area contributed by atoms with Crippen molar-refractivity contribution in [1.82, 2.24) is 9.13 Å². The molecule has 7 aromatic carbocycles. The van der Waals surface area contributed by atoms with Crippen molar-refractivity contribution in [3.63, 3.8) is 0 Å². The second kappa shape index (κ2) is 9.43. The molecule has 3 heteroatoms. The Hall–Kier alpha value is -5.64. The molecule has 0 saturated carbocycles. The van der Waals surface area contributed by atoms with Crippen LogP contribution in [0.15, 0.2) is 158 Å². The molecule has 210 valence electrons. The average molecular weight is 591 g/mol. The molecule has 0 N–H and O–H groups in total. The van der Waals surface area contributed by atoms with Gasteiger partial charge < -0.3 is 9.13 Å². The molecule has 2 nitrogen and oxygen atoms in total. The first-order valence-corrected chi connectivity index (χ1v) is 16.2. The van der Waals surface area contributed by atoms with E-state index in [9.17, 15) is 0 Å². The fourth-order valence-corrected chi connectivity index (χ4v) is 8.46. The van der Waals surface area contributed by atoms with Crippen LogP contribution >= 0.6 is 11.3 Å². The quantitative estimate of drug-likeness (QED) is 0.194. The van der Waals surface area contributed by atoms with Gasteiger partial charge in [0.1, 0.15) is 5.00 Å². The second-order valence-corrected chi connectivity index (χ2v) is 12.8. The van der Waals surface area contributed by atoms with Gasteiger partial charge >= 0.3 is 0 Å². The molecule has 0 aliphatic heterocycles. The van der Waals surface area contributed by atoms with E-state index in [-0.39, 0.29) is 0 Å². The Labute approximate surface area is 263 Å². The van der Waals surface area contributed by atoms with Crippen molar-refractivity contribution in [3.05, 3.63) is 158 Å². The number of rotatable bonds is 3. The Balaban J connectivity index is 1.21. The number of hydrogen-bond donors (Lipinski definition) is 0. The van der Waals surface area contributed by atoms with Crippen LogP contribution in [0.2, 0.25) is 0 Å². The number of hydrogen-bond acceptors (Lipinski definition) is 1. The lowest BCUT2D eigenvalue weighted by atomic mass is 9.95. The zero-order chi connectivity index (χ0) is 29.5. The lowest BCUT2D eigenvalue weighted by Gasteiger charge is -2.15. The van der Waals surface area contributed by atoms with E-state index in [0.29, 0.717) is 0 Å². The summed E-state index contributed by atoms with van der Waals surface area (Å²) in [5, 5.41) is 10.1. The molecular weight excluding hydrogens is 565 g/mol. The third-order valence-corrected chi connectivity index (χ3v) is 10.4. The van der Waals surface area contributed by atoms with Crippen LogP contribution in [0.3, 0.4) is 0 Å². The number of aromatic nitrogens is 2. The fraction of sp³-hybridized carbons (Fsp3) is 0. The molecule has 0 radical (unpaired) electrons. The van der Waals surface area contributed by atoms with Crippen LogP contribution < -0.4 is 0 Å². The molecular formula is C42H26N2S. The van der Waals surface area contributed by atoms with Gasteiger partial charge in [-0.25, -0.2) is 0 Å². The van der Waals surface area contributed by atoms with E-state index in [0.717, 1.165) is 0 Å². The summed E-state index contributed by atoms with van der Waals surface area (Å²) in [6.07, 6.45) is 0. The summed E-state index contributed by atoms with van der Waals surface area (Å²) in [4.78, 5) is 0. The number of para-hydroxylation sites is 3. The maximum atomic E-state index is 2.43. The highest BCUT2D eigenvalue weighted by Crippen LogP contribution is 2.41. The van der Waals surface area contributed by atoms with Gasteiger partial charge in [-0.1, -0.05) is 109 Å². The molecule has 3 aromatic heterocycles. The van der Waals surface area contributed by atoms with Crippen molar-refractivity contribution in [2.45, 2.75) is 0 Å². The molecule has 10 rings (SSSR count). The van der Waals surface area contributed by atoms with E-state index in [1.165, 1.54) is 86.3 Å². The van der Waals surface area contributed by atoms with E-state index in [1.807, 2.05) is 11.3 Å². The lowest BCUT2D eigenvalue weighted by Crippen LogP contribution is -1.96. The molecule has 0 amide bonds. The minimum absolute atomic E-state index is 1.20. The Morgan fingerprint density at radius 2 is 0.933 bits per heavy atom. The molecule has 3 heterocycles. The minimum atomic E-state index is 1.20. The van der Waals surface area contributed by atoms with Gasteiger partial charge in [0.2, 0.25) is 0 Å². The summed E-state index contributed by atoms with van der Waals surface area (Å²) in [5.74, 6) is 0. The number of fused-ring (bicyclic) bond motifs is 8. The van der Waals surface area contributed by atoms with Crippen LogP contribution in [-0.2, 0) is 0 Å². The van der Waals surface area contributed by atoms with Crippen LogP contribution in [0.4, 0.5) is 0 Å². The molecule has 10 aromatic rings. The summed E-state index contributed by atoms with van der Waals surface area (Å²) < 4.78 is 6.17. The van der Waals surface area contributed by atoms with Gasteiger partial charge in [0.05, 0.1) is 27.8 Å². The fourth-order valence-electron chi connectivity index (χ4n) is 7.37. The molecule has 0 saturated heterocycles. The lowest BCUT2D eigenvalue weighted by molar-refractivity contribution is 1.20. The van der Waals surface area contributed by atoms with E-state index in [1.54, 1.807) is 0 Å². The molecule has 45 heavy (non-hydrogen) atoms. The van der Waals surface area contributed by atoms with Crippen LogP contribution in [0.1, 0.15) is 0 Å². The summed E-state index contributed by atoms with van der Waals surface area (Å²) in [6, 6.07) is 57.7. The first kappa shape index (κ1) is 24.8. The van der Waals surface area contributed by atoms with Crippen molar-refractivity contribution in [2.75, 3.05) is 0 Å². The predicted molar refractivity (Wildman–Crippen MR) is 193 cm³/mol. The van der Waals surface area contributed by atoms with Gasteiger partial charge in [-0.2, -0.15) is 0 Å². The highest BCUT2D eigenvalue weighted by atomic mass is 32.1. The third-order valence-electron chi connectivity index (χ3n) is 9.34. The maximum absolute atomic E-state index is 2.43. The van der Waals surface area contributed by atoms with E-state index < -0.39 is 0 Å². The van der Waals surface area contributed by atoms with Crippen LogP contribution in [0.25, 0.3) is 86.3 Å². The van der Waals surface area contributed by atoms with Gasteiger partial charge in [0.25, 0.3) is 0 Å². The van der Waals surface area contributed by atoms with Crippen molar-refractivity contribution < 1.29 is 0 Å². The van der Waals surface area contributed by atoms with Gasteiger partial charge in [0, 0.05) is 31.6 Å². The van der Waals surface area contributed by atoms with Crippen LogP contribution in [-0.4, -0.2) is 9.13 Å². The SMILES string of the molecule is c1ccc2sc(-n3c4ccccc4c4cc(-c5ccc(-n6c7ccccc7c7ccccc76)c6ccccc56)ccc43)cc2c1. The van der Waals surface area contributed by atoms with E-state index in [4.69, 9.17) is 0 Å². The molecule has 0 unspecified atom stereocenters. The predicted octanol–water partition coefficient (Wildman–Crippen LogP) is 11.9. The highest BCUT2D eigenvalue weighted by Gasteiger charge is 2.18. The van der Waals surface area contributed by atoms with E-state index >= 15 is 0 Å². The summed E-state index contributed by atoms with van der Waals surface area (Å²) >= 11 is 1.85. The van der Waals surface area contributed by atoms with Crippen LogP contribution in [0.5, 0.6) is 0 Å². The Morgan fingerprint density at radius 3 is 1.64 bits per heavy atom. The van der Waals surface area contributed by atoms with Gasteiger partial charge in [-0.05, 0) is 70.4 Å². The topological polar surface area (TPSA) is 9.86 Å². The Morgan fingerprint density at radius 1 is 0.378 bits per heavy atom. The monoisotopic (exact) mass is 590 g/mol. The highest BCUT2D eigenvalue weighted by molar-refractivity contribution is 7.21. The summed E-state index contributed by atoms with van der Waals surface area (Å²) in [7, 11) is 0. The van der Waals surface area contributed by atoms with Gasteiger partial charge in [-0.3, -0.25) is 0 Å². The smallest absolute Gasteiger partial charge is 0.101 e. The van der Waals surface area contributed by atoms with Crippen LogP contribution in [0, 0.1) is 0 Å². The largest absolute Gasteiger partial charge is 0.309 e. The zero-order valence-electron chi connectivity index (χ0n) is 24.3. The number of benzene rings is 7. The number of thiophene rings is 1. The Kier molecular flexibility index (Phi) is 5.19. The summed E-state index contributed by atoms with van der Waals surface area (Å²) in [5.41, 5.74) is 8.61. The zero-order valence-corrected chi connectivity index (χ0v) is 25.1. The van der Waals surface area contributed by atoms with Crippen molar-refractivity contribution in [3.8, 4) is 21.8 Å². The first-order valence-electron chi connectivity index (χ1n) is 15.4. The molecule has 0 aliphatic rings. The minimum Gasteiger partial charge on any atom is -0.309 e. The average Bonchev–Trinajstić information content (AvgIpc) is 3.77. The van der Waals surface area contributed by atoms with Gasteiger partial charge in [-0.15, -0.1) is 11.3 Å². The third kappa shape index (κ3) is 3.56. The molecule has 0 spiro atoms. The first-order chi connectivity index (χ1) is 22.3. The van der Waals surface area contributed by atoms with Crippen molar-refractivity contribution >= 4 is 75.8 Å². The maximum Gasteiger partial charge on any atom is 0.101 e.